The molecule has 12 heavy (non-hydrogen) atoms. The van der Waals surface area contributed by atoms with Crippen LogP contribution in [0.5, 0.6) is 0 Å². The minimum Gasteiger partial charge on any atom is -0.382 e. The molecule has 0 atom stereocenters. The highest BCUT2D eigenvalue weighted by molar-refractivity contribution is 5.74. The van der Waals surface area contributed by atoms with Crippen molar-refractivity contribution >= 4 is 5.91 Å². The largest absolute Gasteiger partial charge is 0.382 e. The SMILES string of the molecule is COCCONC(=O)CC(C)C. The molecule has 4 nitrogen and oxygen atoms in total. The third kappa shape index (κ3) is 7.50. The fourth-order valence-corrected chi connectivity index (χ4v) is 0.669. The summed E-state index contributed by atoms with van der Waals surface area (Å²) in [5, 5.41) is 0. The normalized spacial score (nSPS) is 10.3. The molecule has 1 N–H and O–H groups in total. The number of ether oxygens (including phenoxy) is 1. The Labute approximate surface area is 73.2 Å². The van der Waals surface area contributed by atoms with Crippen LogP contribution in [0.3, 0.4) is 0 Å². The number of hydrogen-bond donors (Lipinski definition) is 1. The summed E-state index contributed by atoms with van der Waals surface area (Å²) in [5.41, 5.74) is 2.33. The molecule has 4 heteroatoms. The fraction of sp³-hybridized carbons (Fsp3) is 0.875. The van der Waals surface area contributed by atoms with Gasteiger partial charge in [-0.15, -0.1) is 0 Å². The number of hydrogen-bond acceptors (Lipinski definition) is 3. The van der Waals surface area contributed by atoms with Crippen molar-refractivity contribution < 1.29 is 14.4 Å². The van der Waals surface area contributed by atoms with Crippen molar-refractivity contribution in [2.24, 2.45) is 5.92 Å². The van der Waals surface area contributed by atoms with Crippen molar-refractivity contribution in [3.63, 3.8) is 0 Å². The molecule has 0 radical (unpaired) electrons. The van der Waals surface area contributed by atoms with E-state index in [9.17, 15) is 4.79 Å². The van der Waals surface area contributed by atoms with E-state index in [-0.39, 0.29) is 5.91 Å². The zero-order valence-corrected chi connectivity index (χ0v) is 7.92. The van der Waals surface area contributed by atoms with Gasteiger partial charge in [0.2, 0.25) is 5.91 Å². The average Bonchev–Trinajstić information content (AvgIpc) is 1.97. The number of nitrogens with one attached hydrogen (secondary N) is 1. The van der Waals surface area contributed by atoms with E-state index in [0.717, 1.165) is 0 Å². The van der Waals surface area contributed by atoms with Crippen molar-refractivity contribution in [3.05, 3.63) is 0 Å². The van der Waals surface area contributed by atoms with Gasteiger partial charge in [0.1, 0.15) is 0 Å². The molecule has 0 aromatic heterocycles. The van der Waals surface area contributed by atoms with Gasteiger partial charge in [0.25, 0.3) is 0 Å². The van der Waals surface area contributed by atoms with Crippen LogP contribution in [0.2, 0.25) is 0 Å². The number of rotatable bonds is 6. The molecule has 0 unspecified atom stereocenters. The van der Waals surface area contributed by atoms with E-state index in [1.165, 1.54) is 0 Å². The molecule has 1 amide bonds. The number of carbonyl (C=O) groups is 1. The van der Waals surface area contributed by atoms with Gasteiger partial charge < -0.3 is 4.74 Å². The molecule has 0 aliphatic carbocycles. The Morgan fingerprint density at radius 1 is 1.42 bits per heavy atom. The predicted molar refractivity (Wildman–Crippen MR) is 45.4 cm³/mol. The van der Waals surface area contributed by atoms with Crippen LogP contribution in [0.25, 0.3) is 0 Å². The van der Waals surface area contributed by atoms with E-state index in [1.807, 2.05) is 13.8 Å². The lowest BCUT2D eigenvalue weighted by Crippen LogP contribution is -2.26. The third-order valence-corrected chi connectivity index (χ3v) is 1.17. The summed E-state index contributed by atoms with van der Waals surface area (Å²) in [4.78, 5) is 15.8. The van der Waals surface area contributed by atoms with E-state index >= 15 is 0 Å². The maximum atomic E-state index is 10.9. The number of carbonyl (C=O) groups excluding carboxylic acids is 1. The topological polar surface area (TPSA) is 47.6 Å². The first-order valence-electron chi connectivity index (χ1n) is 4.06. The molecule has 0 saturated heterocycles. The molecular formula is C8H17NO3. The molecular weight excluding hydrogens is 158 g/mol. The smallest absolute Gasteiger partial charge is 0.243 e. The number of methoxy groups -OCH3 is 1. The summed E-state index contributed by atoms with van der Waals surface area (Å²) in [7, 11) is 1.58. The van der Waals surface area contributed by atoms with Gasteiger partial charge in [0.15, 0.2) is 0 Å². The van der Waals surface area contributed by atoms with Crippen molar-refractivity contribution in [1.82, 2.24) is 5.48 Å². The second kappa shape index (κ2) is 7.06. The van der Waals surface area contributed by atoms with Gasteiger partial charge >= 0.3 is 0 Å². The predicted octanol–water partition coefficient (Wildman–Crippen LogP) is 0.727. The first kappa shape index (κ1) is 11.4. The first-order valence-corrected chi connectivity index (χ1v) is 4.06. The summed E-state index contributed by atoms with van der Waals surface area (Å²) in [6.07, 6.45) is 0.493. The monoisotopic (exact) mass is 175 g/mol. The Hall–Kier alpha value is -0.610. The lowest BCUT2D eigenvalue weighted by Gasteiger charge is -2.06. The van der Waals surface area contributed by atoms with E-state index < -0.39 is 0 Å². The second-order valence-electron chi connectivity index (χ2n) is 2.96. The summed E-state index contributed by atoms with van der Waals surface area (Å²) >= 11 is 0. The van der Waals surface area contributed by atoms with Gasteiger partial charge in [-0.3, -0.25) is 9.63 Å². The molecule has 0 aliphatic heterocycles. The lowest BCUT2D eigenvalue weighted by molar-refractivity contribution is -0.135. The lowest BCUT2D eigenvalue weighted by atomic mass is 10.1. The highest BCUT2D eigenvalue weighted by Gasteiger charge is 2.03. The van der Waals surface area contributed by atoms with Crippen LogP contribution in [-0.2, 0) is 14.4 Å². The highest BCUT2D eigenvalue weighted by Crippen LogP contribution is 1.97. The van der Waals surface area contributed by atoms with Gasteiger partial charge in [-0.2, -0.15) is 0 Å². The van der Waals surface area contributed by atoms with Crippen LogP contribution in [0.1, 0.15) is 20.3 Å². The second-order valence-corrected chi connectivity index (χ2v) is 2.96. The van der Waals surface area contributed by atoms with Crippen LogP contribution in [0.4, 0.5) is 0 Å². The van der Waals surface area contributed by atoms with Gasteiger partial charge in [-0.1, -0.05) is 13.8 Å². The van der Waals surface area contributed by atoms with E-state index in [0.29, 0.717) is 25.6 Å². The van der Waals surface area contributed by atoms with Crippen molar-refractivity contribution in [2.45, 2.75) is 20.3 Å². The maximum absolute atomic E-state index is 10.9. The minimum atomic E-state index is -0.0823. The van der Waals surface area contributed by atoms with Crippen molar-refractivity contribution in [1.29, 1.82) is 0 Å². The zero-order chi connectivity index (χ0) is 9.40. The van der Waals surface area contributed by atoms with Gasteiger partial charge in [0.05, 0.1) is 13.2 Å². The van der Waals surface area contributed by atoms with E-state index in [1.54, 1.807) is 7.11 Å². The highest BCUT2D eigenvalue weighted by atomic mass is 16.7. The number of amides is 1. The van der Waals surface area contributed by atoms with E-state index in [4.69, 9.17) is 9.57 Å². The Kier molecular flexibility index (Phi) is 6.70. The molecule has 0 aromatic rings. The Bertz CT molecular complexity index is 125. The minimum absolute atomic E-state index is 0.0823. The first-order chi connectivity index (χ1) is 5.66. The standard InChI is InChI=1S/C8H17NO3/c1-7(2)6-8(10)9-12-5-4-11-3/h7H,4-6H2,1-3H3,(H,9,10). The molecule has 0 spiro atoms. The van der Waals surface area contributed by atoms with Gasteiger partial charge in [-0.25, -0.2) is 5.48 Å². The third-order valence-electron chi connectivity index (χ3n) is 1.17. The fourth-order valence-electron chi connectivity index (χ4n) is 0.669. The molecule has 72 valence electrons. The average molecular weight is 175 g/mol. The van der Waals surface area contributed by atoms with Crippen molar-refractivity contribution in [2.75, 3.05) is 20.3 Å². The molecule has 0 bridgehead atoms. The Balaban J connectivity index is 3.20. The van der Waals surface area contributed by atoms with Gasteiger partial charge in [0, 0.05) is 13.5 Å². The van der Waals surface area contributed by atoms with Crippen LogP contribution in [-0.4, -0.2) is 26.2 Å². The van der Waals surface area contributed by atoms with Gasteiger partial charge in [-0.05, 0) is 5.92 Å². The van der Waals surface area contributed by atoms with Crippen LogP contribution >= 0.6 is 0 Å². The Morgan fingerprint density at radius 2 is 2.08 bits per heavy atom. The van der Waals surface area contributed by atoms with E-state index in [2.05, 4.69) is 5.48 Å². The molecule has 0 saturated carbocycles. The quantitative estimate of drug-likeness (QED) is 0.478. The molecule has 0 aliphatic rings. The summed E-state index contributed by atoms with van der Waals surface area (Å²) in [6, 6.07) is 0. The Morgan fingerprint density at radius 3 is 2.58 bits per heavy atom. The van der Waals surface area contributed by atoms with Crippen molar-refractivity contribution in [3.8, 4) is 0 Å². The van der Waals surface area contributed by atoms with Crippen LogP contribution in [0.15, 0.2) is 0 Å². The summed E-state index contributed by atoms with van der Waals surface area (Å²) < 4.78 is 4.73. The maximum Gasteiger partial charge on any atom is 0.243 e. The summed E-state index contributed by atoms with van der Waals surface area (Å²) in [5.74, 6) is 0.275. The molecule has 0 aromatic carbocycles. The zero-order valence-electron chi connectivity index (χ0n) is 7.92. The summed E-state index contributed by atoms with van der Waals surface area (Å²) in [6.45, 7) is 4.84. The molecule has 0 heterocycles. The van der Waals surface area contributed by atoms with Crippen LogP contribution < -0.4 is 5.48 Å². The molecule has 0 rings (SSSR count). The number of hydroxylamine groups is 1. The molecule has 0 fully saturated rings. The van der Waals surface area contributed by atoms with Crippen LogP contribution in [0, 0.1) is 5.92 Å².